The summed E-state index contributed by atoms with van der Waals surface area (Å²) in [5, 5.41) is 0. The van der Waals surface area contributed by atoms with E-state index in [1.165, 1.54) is 66.8 Å². The highest BCUT2D eigenvalue weighted by Gasteiger charge is 2.46. The summed E-state index contributed by atoms with van der Waals surface area (Å²) in [5.74, 6) is 16.5. The number of hydrogen-bond acceptors (Lipinski definition) is 0. The summed E-state index contributed by atoms with van der Waals surface area (Å²) in [6.07, 6.45) is 0. The lowest BCUT2D eigenvalue weighted by atomic mass is 9.84. The van der Waals surface area contributed by atoms with E-state index in [-0.39, 0.29) is 10.8 Å². The van der Waals surface area contributed by atoms with Crippen LogP contribution < -0.4 is 0 Å². The zero-order chi connectivity index (χ0) is 59.3. The molecule has 0 saturated heterocycles. The van der Waals surface area contributed by atoms with Crippen LogP contribution in [0.5, 0.6) is 0 Å². The van der Waals surface area contributed by atoms with E-state index in [1.54, 1.807) is 0 Å². The molecule has 0 spiro atoms. The van der Waals surface area contributed by atoms with Crippen LogP contribution in [-0.2, 0) is 10.8 Å². The van der Waals surface area contributed by atoms with Gasteiger partial charge < -0.3 is 0 Å². The number of fused-ring (bicyclic) bond motifs is 6. The Hall–Kier alpha value is -3.75. The minimum atomic E-state index is -2.18. The Morgan fingerprint density at radius 2 is 0.462 bits per heavy atom. The van der Waals surface area contributed by atoms with Crippen molar-refractivity contribution in [2.24, 2.45) is 0 Å². The van der Waals surface area contributed by atoms with Crippen LogP contribution in [0.15, 0.2) is 59.7 Å². The van der Waals surface area contributed by atoms with Gasteiger partial charge in [0.1, 0.15) is 32.3 Å². The molecular weight excluding hydrogens is 1000 g/mol. The van der Waals surface area contributed by atoms with Crippen LogP contribution in [0, 0.1) is 45.9 Å². The SMILES string of the molecule is CC(C)[Si](C#CC(C#C[Si](C(C)C)(C(C)C)C(C)C)=C1c2cc(C(C)(C)C)ccc2-c2cc3c(cc21)-c1ccc(C(C)(C)C)cc1C3=C(C#C[Si](C(C)C)(C(C)C)C(C)C)C#C[Si](C(C)C)(C(C)C)C(C)C)(C(C)C)C(C)C. The van der Waals surface area contributed by atoms with Crippen LogP contribution >= 0.6 is 0 Å². The molecule has 4 heteroatoms. The second-order valence-electron chi connectivity index (χ2n) is 30.1. The fourth-order valence-electron chi connectivity index (χ4n) is 15.9. The normalized spacial score (nSPS) is 13.9. The Balaban J connectivity index is 2.20. The fraction of sp³-hybridized carbons (Fsp3) is 0.595. The van der Waals surface area contributed by atoms with Gasteiger partial charge >= 0.3 is 0 Å². The first-order valence-corrected chi connectivity index (χ1v) is 39.9. The highest BCUT2D eigenvalue weighted by atomic mass is 28.3. The number of rotatable bonds is 12. The molecule has 2 aliphatic carbocycles. The molecule has 0 atom stereocenters. The molecule has 0 N–H and O–H groups in total. The third-order valence-electron chi connectivity index (χ3n) is 20.2. The predicted molar refractivity (Wildman–Crippen MR) is 362 cm³/mol. The first kappa shape index (κ1) is 65.1. The van der Waals surface area contributed by atoms with E-state index >= 15 is 0 Å². The maximum absolute atomic E-state index is 4.26. The molecule has 422 valence electrons. The highest BCUT2D eigenvalue weighted by Crippen LogP contribution is 2.55. The molecular formula is C74H110Si4. The predicted octanol–water partition coefficient (Wildman–Crippen LogP) is 22.7. The minimum Gasteiger partial charge on any atom is -0.124 e. The van der Waals surface area contributed by atoms with Gasteiger partial charge in [0, 0.05) is 11.1 Å². The summed E-state index contributed by atoms with van der Waals surface area (Å²) < 4.78 is 0. The maximum Gasteiger partial charge on any atom is 0.146 e. The lowest BCUT2D eigenvalue weighted by Crippen LogP contribution is -2.43. The van der Waals surface area contributed by atoms with Gasteiger partial charge in [0.2, 0.25) is 0 Å². The van der Waals surface area contributed by atoms with Crippen LogP contribution in [0.3, 0.4) is 0 Å². The van der Waals surface area contributed by atoms with Gasteiger partial charge in [0.15, 0.2) is 0 Å². The second-order valence-corrected chi connectivity index (χ2v) is 52.4. The summed E-state index contributed by atoms with van der Waals surface area (Å²) in [6.45, 7) is 72.7. The van der Waals surface area contributed by atoms with Gasteiger partial charge in [-0.15, -0.1) is 22.2 Å². The molecule has 0 bridgehead atoms. The van der Waals surface area contributed by atoms with Crippen molar-refractivity contribution in [3.8, 4) is 68.1 Å². The highest BCUT2D eigenvalue weighted by molar-refractivity contribution is 6.92. The molecule has 78 heavy (non-hydrogen) atoms. The van der Waals surface area contributed by atoms with Crippen molar-refractivity contribution in [1.29, 1.82) is 0 Å². The van der Waals surface area contributed by atoms with E-state index in [1.807, 2.05) is 0 Å². The van der Waals surface area contributed by atoms with Gasteiger partial charge in [-0.2, -0.15) is 0 Å². The molecule has 3 aromatic rings. The largest absolute Gasteiger partial charge is 0.146 e. The van der Waals surface area contributed by atoms with Gasteiger partial charge in [-0.05, 0) is 157 Å². The Kier molecular flexibility index (Phi) is 20.0. The van der Waals surface area contributed by atoms with E-state index < -0.39 is 32.3 Å². The van der Waals surface area contributed by atoms with Gasteiger partial charge in [0.25, 0.3) is 0 Å². The monoisotopic (exact) mass is 1110 g/mol. The van der Waals surface area contributed by atoms with Crippen molar-refractivity contribution in [3.05, 3.63) is 93.1 Å². The zero-order valence-corrected chi connectivity index (χ0v) is 59.5. The van der Waals surface area contributed by atoms with Crippen LogP contribution in [-0.4, -0.2) is 32.3 Å². The summed E-state index contributed by atoms with van der Waals surface area (Å²) in [7, 11) is -8.71. The summed E-state index contributed by atoms with van der Waals surface area (Å²) >= 11 is 0. The second kappa shape index (κ2) is 24.0. The Morgan fingerprint density at radius 3 is 0.641 bits per heavy atom. The molecule has 0 fully saturated rings. The van der Waals surface area contributed by atoms with E-state index in [0.29, 0.717) is 66.5 Å². The molecule has 0 heterocycles. The smallest absolute Gasteiger partial charge is 0.124 e. The third-order valence-corrected chi connectivity index (χ3v) is 45.3. The van der Waals surface area contributed by atoms with E-state index in [2.05, 4.69) is 302 Å². The molecule has 0 aliphatic heterocycles. The minimum absolute atomic E-state index is 0.0506. The van der Waals surface area contributed by atoms with Gasteiger partial charge in [-0.3, -0.25) is 0 Å². The van der Waals surface area contributed by atoms with Crippen molar-refractivity contribution in [1.82, 2.24) is 0 Å². The number of benzene rings is 3. The molecule has 0 nitrogen and oxygen atoms in total. The van der Waals surface area contributed by atoms with Crippen molar-refractivity contribution >= 4 is 43.4 Å². The van der Waals surface area contributed by atoms with Crippen molar-refractivity contribution < 1.29 is 0 Å². The fourth-order valence-corrected chi connectivity index (χ4v) is 36.8. The van der Waals surface area contributed by atoms with Crippen molar-refractivity contribution in [2.75, 3.05) is 0 Å². The quantitative estimate of drug-likeness (QED) is 0.0863. The molecule has 0 saturated carbocycles. The number of hydrogen-bond donors (Lipinski definition) is 0. The van der Waals surface area contributed by atoms with Gasteiger partial charge in [0.05, 0.1) is 11.1 Å². The van der Waals surface area contributed by atoms with Crippen LogP contribution in [0.4, 0.5) is 0 Å². The molecule has 3 aromatic carbocycles. The van der Waals surface area contributed by atoms with E-state index in [4.69, 9.17) is 0 Å². The lowest BCUT2D eigenvalue weighted by Gasteiger charge is -2.38. The molecule has 5 rings (SSSR count). The zero-order valence-electron chi connectivity index (χ0n) is 55.5. The first-order valence-electron chi connectivity index (χ1n) is 31.0. The molecule has 0 amide bonds. The van der Waals surface area contributed by atoms with Crippen LogP contribution in [0.1, 0.15) is 241 Å². The molecule has 0 aromatic heterocycles. The number of allylic oxidation sites excluding steroid dienone is 2. The average Bonchev–Trinajstić information content (AvgIpc) is 3.98. The van der Waals surface area contributed by atoms with Crippen molar-refractivity contribution in [3.63, 3.8) is 0 Å². The van der Waals surface area contributed by atoms with E-state index in [9.17, 15) is 0 Å². The Morgan fingerprint density at radius 1 is 0.269 bits per heavy atom. The standard InChI is InChI=1S/C74H110Si4/c1-47(2)75(48(3)4,49(5)6)39-35-59(36-40-76(50(7)8,51(9)10)52(11)12)71-67-43-61(73(25,26)27)31-33-63(67)65-46-70-66(45-69(65)71)64-34-32-62(74(28,29)30)44-68(64)72(70)60(37-41-77(53(13)14,54(15)16)55(17)18)38-42-78(56(19)20,57(21)22)58(23)24/h31-34,43-58H,1-30H3. The summed E-state index contributed by atoms with van der Waals surface area (Å²) in [5.41, 5.74) is 40.3. The average molecular weight is 1110 g/mol. The maximum atomic E-state index is 4.26. The molecule has 0 radical (unpaired) electrons. The third kappa shape index (κ3) is 11.5. The van der Waals surface area contributed by atoms with Crippen molar-refractivity contribution in [2.45, 2.75) is 285 Å². The van der Waals surface area contributed by atoms with Crippen LogP contribution in [0.2, 0.25) is 66.5 Å². The summed E-state index contributed by atoms with van der Waals surface area (Å²) in [6, 6.07) is 19.8. The van der Waals surface area contributed by atoms with Gasteiger partial charge in [-0.25, -0.2) is 0 Å². The Labute approximate surface area is 486 Å². The topological polar surface area (TPSA) is 0 Å². The molecule has 2 aliphatic rings. The van der Waals surface area contributed by atoms with Crippen LogP contribution in [0.25, 0.3) is 33.4 Å². The summed E-state index contributed by atoms with van der Waals surface area (Å²) in [4.78, 5) is 0. The van der Waals surface area contributed by atoms with E-state index in [0.717, 1.165) is 11.1 Å². The van der Waals surface area contributed by atoms with Gasteiger partial charge in [-0.1, -0.05) is 256 Å². The lowest BCUT2D eigenvalue weighted by molar-refractivity contribution is 0.590. The molecule has 0 unspecified atom stereocenters. The Bertz CT molecular complexity index is 2630. The first-order chi connectivity index (χ1) is 35.8.